The molecule has 0 aliphatic heterocycles. The molecule has 9 heteroatoms. The minimum atomic E-state index is -3.28. The molecule has 0 spiro atoms. The Kier molecular flexibility index (Phi) is 4.66. The van der Waals surface area contributed by atoms with Gasteiger partial charge < -0.3 is 5.32 Å². The lowest BCUT2D eigenvalue weighted by Gasteiger charge is -2.06. The fourth-order valence-corrected chi connectivity index (χ4v) is 2.80. The second-order valence-electron chi connectivity index (χ2n) is 5.36. The van der Waals surface area contributed by atoms with Crippen molar-refractivity contribution in [2.45, 2.75) is 13.8 Å². The molecule has 0 amide bonds. The van der Waals surface area contributed by atoms with Crippen molar-refractivity contribution in [2.75, 3.05) is 15.8 Å². The molecule has 3 aromatic rings. The highest BCUT2D eigenvalue weighted by atomic mass is 32.2. The number of aromatic nitrogens is 4. The molecule has 0 unspecified atom stereocenters. The first-order valence-electron chi connectivity index (χ1n) is 7.68. The van der Waals surface area contributed by atoms with E-state index in [4.69, 9.17) is 0 Å². The maximum absolute atomic E-state index is 11.6. The van der Waals surface area contributed by atoms with Gasteiger partial charge in [-0.15, -0.1) is 0 Å². The topological polar surface area (TPSA) is 113 Å². The van der Waals surface area contributed by atoms with E-state index < -0.39 is 10.0 Å². The van der Waals surface area contributed by atoms with Crippen LogP contribution in [0.5, 0.6) is 0 Å². The van der Waals surface area contributed by atoms with Crippen LogP contribution in [0.3, 0.4) is 0 Å². The van der Waals surface area contributed by atoms with Gasteiger partial charge in [-0.1, -0.05) is 12.1 Å². The standard InChI is InChI=1S/C16H18N6O2S/c1-3-25(23,24)22-13-6-4-12(5-7-13)14-10-16(21-20-14)19-15-8-9-17-11(2)18-15/h4-10,22H,3H2,1-2H3,(H2,17,18,19,20,21). The van der Waals surface area contributed by atoms with E-state index in [1.54, 1.807) is 31.3 Å². The predicted molar refractivity (Wildman–Crippen MR) is 97.2 cm³/mol. The summed E-state index contributed by atoms with van der Waals surface area (Å²) in [7, 11) is -3.28. The lowest BCUT2D eigenvalue weighted by atomic mass is 10.1. The average molecular weight is 358 g/mol. The van der Waals surface area contributed by atoms with E-state index in [9.17, 15) is 8.42 Å². The second-order valence-corrected chi connectivity index (χ2v) is 7.37. The van der Waals surface area contributed by atoms with Gasteiger partial charge in [-0.25, -0.2) is 18.4 Å². The van der Waals surface area contributed by atoms with Crippen LogP contribution >= 0.6 is 0 Å². The molecule has 130 valence electrons. The molecule has 8 nitrogen and oxygen atoms in total. The zero-order valence-corrected chi connectivity index (χ0v) is 14.6. The molecule has 3 rings (SSSR count). The van der Waals surface area contributed by atoms with Crippen LogP contribution in [-0.2, 0) is 10.0 Å². The summed E-state index contributed by atoms with van der Waals surface area (Å²) < 4.78 is 25.7. The van der Waals surface area contributed by atoms with Gasteiger partial charge in [0.25, 0.3) is 0 Å². The van der Waals surface area contributed by atoms with Crippen molar-refractivity contribution >= 4 is 27.3 Å². The molecule has 0 saturated heterocycles. The van der Waals surface area contributed by atoms with E-state index in [-0.39, 0.29) is 5.75 Å². The van der Waals surface area contributed by atoms with Gasteiger partial charge in [0.05, 0.1) is 11.4 Å². The van der Waals surface area contributed by atoms with Crippen LogP contribution in [0.2, 0.25) is 0 Å². The van der Waals surface area contributed by atoms with Crippen molar-refractivity contribution in [3.63, 3.8) is 0 Å². The molecule has 0 radical (unpaired) electrons. The van der Waals surface area contributed by atoms with Crippen molar-refractivity contribution in [2.24, 2.45) is 0 Å². The van der Waals surface area contributed by atoms with Gasteiger partial charge in [-0.2, -0.15) is 5.10 Å². The molecule has 0 aliphatic carbocycles. The normalized spacial score (nSPS) is 11.3. The van der Waals surface area contributed by atoms with E-state index in [0.717, 1.165) is 11.3 Å². The largest absolute Gasteiger partial charge is 0.323 e. The van der Waals surface area contributed by atoms with Gasteiger partial charge in [0.2, 0.25) is 10.0 Å². The van der Waals surface area contributed by atoms with Crippen LogP contribution in [-0.4, -0.2) is 34.3 Å². The predicted octanol–water partition coefficient (Wildman–Crippen LogP) is 2.68. The fraction of sp³-hybridized carbons (Fsp3) is 0.188. The molecule has 0 bridgehead atoms. The zero-order chi connectivity index (χ0) is 17.9. The van der Waals surface area contributed by atoms with E-state index in [2.05, 4.69) is 30.2 Å². The highest BCUT2D eigenvalue weighted by Crippen LogP contribution is 2.23. The Morgan fingerprint density at radius 2 is 1.88 bits per heavy atom. The Hall–Kier alpha value is -2.94. The monoisotopic (exact) mass is 358 g/mol. The molecule has 3 N–H and O–H groups in total. The first-order valence-corrected chi connectivity index (χ1v) is 9.33. The molecule has 0 aliphatic rings. The molecule has 25 heavy (non-hydrogen) atoms. The second kappa shape index (κ2) is 6.89. The Bertz CT molecular complexity index is 966. The van der Waals surface area contributed by atoms with Gasteiger partial charge in [0, 0.05) is 18.0 Å². The number of H-pyrrole nitrogens is 1. The van der Waals surface area contributed by atoms with Gasteiger partial charge in [0.1, 0.15) is 11.6 Å². The minimum absolute atomic E-state index is 0.0346. The number of rotatable bonds is 6. The quantitative estimate of drug-likeness (QED) is 0.624. The first kappa shape index (κ1) is 16.9. The maximum atomic E-state index is 11.6. The molecular formula is C16H18N6O2S. The van der Waals surface area contributed by atoms with E-state index in [0.29, 0.717) is 23.1 Å². The average Bonchev–Trinajstić information content (AvgIpc) is 3.04. The lowest BCUT2D eigenvalue weighted by molar-refractivity contribution is 0.602. The molecular weight excluding hydrogens is 340 g/mol. The van der Waals surface area contributed by atoms with Crippen LogP contribution in [0.15, 0.2) is 42.6 Å². The van der Waals surface area contributed by atoms with Gasteiger partial charge in [-0.3, -0.25) is 9.82 Å². The van der Waals surface area contributed by atoms with Crippen molar-refractivity contribution < 1.29 is 8.42 Å². The first-order chi connectivity index (χ1) is 11.9. The van der Waals surface area contributed by atoms with Crippen molar-refractivity contribution in [1.29, 1.82) is 0 Å². The summed E-state index contributed by atoms with van der Waals surface area (Å²) in [5.74, 6) is 2.00. The van der Waals surface area contributed by atoms with Crippen molar-refractivity contribution in [3.8, 4) is 11.3 Å². The van der Waals surface area contributed by atoms with E-state index in [1.165, 1.54) is 0 Å². The summed E-state index contributed by atoms with van der Waals surface area (Å²) >= 11 is 0. The van der Waals surface area contributed by atoms with E-state index in [1.807, 2.05) is 25.1 Å². The summed E-state index contributed by atoms with van der Waals surface area (Å²) in [6.07, 6.45) is 1.67. The SMILES string of the molecule is CCS(=O)(=O)Nc1ccc(-c2cc(Nc3ccnc(C)n3)n[nH]2)cc1. The number of anilines is 3. The number of sulfonamides is 1. The number of aryl methyl sites for hydroxylation is 1. The van der Waals surface area contributed by atoms with Crippen LogP contribution in [0.4, 0.5) is 17.3 Å². The third kappa shape index (κ3) is 4.32. The van der Waals surface area contributed by atoms with Crippen LogP contribution in [0, 0.1) is 6.92 Å². The van der Waals surface area contributed by atoms with Gasteiger partial charge in [0.15, 0.2) is 5.82 Å². The maximum Gasteiger partial charge on any atom is 0.232 e. The summed E-state index contributed by atoms with van der Waals surface area (Å²) in [6.45, 7) is 3.41. The van der Waals surface area contributed by atoms with Crippen LogP contribution in [0.1, 0.15) is 12.7 Å². The summed E-state index contributed by atoms with van der Waals surface area (Å²) in [6, 6.07) is 10.7. The Balaban J connectivity index is 1.74. The van der Waals surface area contributed by atoms with Crippen LogP contribution < -0.4 is 10.0 Å². The third-order valence-corrected chi connectivity index (χ3v) is 4.77. The lowest BCUT2D eigenvalue weighted by Crippen LogP contribution is -2.14. The highest BCUT2D eigenvalue weighted by Gasteiger charge is 2.08. The Morgan fingerprint density at radius 3 is 2.56 bits per heavy atom. The zero-order valence-electron chi connectivity index (χ0n) is 13.8. The third-order valence-electron chi connectivity index (χ3n) is 3.46. The van der Waals surface area contributed by atoms with Gasteiger partial charge >= 0.3 is 0 Å². The Labute approximate surface area is 145 Å². The number of hydrogen-bond donors (Lipinski definition) is 3. The van der Waals surface area contributed by atoms with Crippen molar-refractivity contribution in [1.82, 2.24) is 20.2 Å². The van der Waals surface area contributed by atoms with Crippen LogP contribution in [0.25, 0.3) is 11.3 Å². The molecule has 0 fully saturated rings. The summed E-state index contributed by atoms with van der Waals surface area (Å²) in [4.78, 5) is 8.31. The van der Waals surface area contributed by atoms with E-state index >= 15 is 0 Å². The number of nitrogens with zero attached hydrogens (tertiary/aromatic N) is 3. The minimum Gasteiger partial charge on any atom is -0.323 e. The highest BCUT2D eigenvalue weighted by molar-refractivity contribution is 7.92. The smallest absolute Gasteiger partial charge is 0.232 e. The number of benzene rings is 1. The fourth-order valence-electron chi connectivity index (χ4n) is 2.16. The van der Waals surface area contributed by atoms with Gasteiger partial charge in [-0.05, 0) is 37.6 Å². The molecule has 2 aromatic heterocycles. The molecule has 1 aromatic carbocycles. The molecule has 0 atom stereocenters. The summed E-state index contributed by atoms with van der Waals surface area (Å²) in [5.41, 5.74) is 2.22. The number of nitrogens with one attached hydrogen (secondary N) is 3. The molecule has 0 saturated carbocycles. The number of aromatic amines is 1. The van der Waals surface area contributed by atoms with Crippen molar-refractivity contribution in [3.05, 3.63) is 48.4 Å². The Morgan fingerprint density at radius 1 is 1.12 bits per heavy atom. The number of hydrogen-bond acceptors (Lipinski definition) is 6. The summed E-state index contributed by atoms with van der Waals surface area (Å²) in [5, 5.41) is 10.2. The molecule has 2 heterocycles.